The first kappa shape index (κ1) is 16.9. The Labute approximate surface area is 131 Å². The van der Waals surface area contributed by atoms with Crippen LogP contribution in [-0.2, 0) is 10.2 Å². The van der Waals surface area contributed by atoms with Crippen molar-refractivity contribution in [2.24, 2.45) is 11.7 Å². The molecule has 1 aromatic rings. The van der Waals surface area contributed by atoms with Crippen LogP contribution >= 0.6 is 11.3 Å². The van der Waals surface area contributed by atoms with Crippen molar-refractivity contribution in [2.75, 3.05) is 19.6 Å². The minimum atomic E-state index is -3.44. The molecule has 7 heteroatoms. The standard InChI is InChI=1S/C14H25N3O2S2/c1-2-5-13(14-7-4-9-20-14)16-21(18,19)17-8-3-6-12(10-15)11-17/h4,7,9,12-13,16H,2-3,5-6,8,10-11,15H2,1H3. The highest BCUT2D eigenvalue weighted by molar-refractivity contribution is 7.87. The van der Waals surface area contributed by atoms with Gasteiger partial charge in [-0.15, -0.1) is 11.3 Å². The molecular formula is C14H25N3O2S2. The van der Waals surface area contributed by atoms with Gasteiger partial charge < -0.3 is 5.73 Å². The van der Waals surface area contributed by atoms with Gasteiger partial charge in [-0.2, -0.15) is 17.4 Å². The van der Waals surface area contributed by atoms with Gasteiger partial charge >= 0.3 is 0 Å². The highest BCUT2D eigenvalue weighted by Crippen LogP contribution is 2.26. The molecule has 5 nitrogen and oxygen atoms in total. The summed E-state index contributed by atoms with van der Waals surface area (Å²) in [6.07, 6.45) is 3.66. The monoisotopic (exact) mass is 331 g/mol. The summed E-state index contributed by atoms with van der Waals surface area (Å²) in [6, 6.07) is 3.83. The predicted octanol–water partition coefficient (Wildman–Crippen LogP) is 2.09. The fourth-order valence-corrected chi connectivity index (χ4v) is 5.15. The summed E-state index contributed by atoms with van der Waals surface area (Å²) < 4.78 is 29.7. The molecule has 0 aromatic carbocycles. The van der Waals surface area contributed by atoms with E-state index < -0.39 is 10.2 Å². The summed E-state index contributed by atoms with van der Waals surface area (Å²) >= 11 is 1.60. The number of nitrogens with two attached hydrogens (primary N) is 1. The van der Waals surface area contributed by atoms with E-state index in [4.69, 9.17) is 5.73 Å². The van der Waals surface area contributed by atoms with Crippen molar-refractivity contribution in [3.63, 3.8) is 0 Å². The van der Waals surface area contributed by atoms with E-state index >= 15 is 0 Å². The van der Waals surface area contributed by atoms with Crippen molar-refractivity contribution in [1.29, 1.82) is 0 Å². The first-order valence-electron chi connectivity index (χ1n) is 7.57. The van der Waals surface area contributed by atoms with Crippen molar-refractivity contribution >= 4 is 21.5 Å². The lowest BCUT2D eigenvalue weighted by atomic mass is 10.0. The number of nitrogens with zero attached hydrogens (tertiary/aromatic N) is 1. The molecule has 0 bridgehead atoms. The second kappa shape index (κ2) is 7.69. The summed E-state index contributed by atoms with van der Waals surface area (Å²) in [7, 11) is -3.44. The Morgan fingerprint density at radius 3 is 3.00 bits per heavy atom. The summed E-state index contributed by atoms with van der Waals surface area (Å²) in [4.78, 5) is 1.08. The summed E-state index contributed by atoms with van der Waals surface area (Å²) in [6.45, 7) is 3.75. The molecule has 21 heavy (non-hydrogen) atoms. The molecule has 1 aliphatic heterocycles. The van der Waals surface area contributed by atoms with Crippen LogP contribution in [0.25, 0.3) is 0 Å². The zero-order valence-electron chi connectivity index (χ0n) is 12.5. The van der Waals surface area contributed by atoms with Crippen molar-refractivity contribution in [1.82, 2.24) is 9.03 Å². The van der Waals surface area contributed by atoms with Gasteiger partial charge in [0.25, 0.3) is 10.2 Å². The third kappa shape index (κ3) is 4.50. The molecule has 1 saturated heterocycles. The van der Waals surface area contributed by atoms with E-state index in [2.05, 4.69) is 11.6 Å². The molecule has 1 aromatic heterocycles. The molecule has 0 amide bonds. The van der Waals surface area contributed by atoms with Gasteiger partial charge in [0, 0.05) is 18.0 Å². The third-order valence-electron chi connectivity index (χ3n) is 3.91. The second-order valence-electron chi connectivity index (χ2n) is 5.58. The summed E-state index contributed by atoms with van der Waals surface area (Å²) in [5, 5.41) is 1.98. The number of nitrogens with one attached hydrogen (secondary N) is 1. The number of piperidine rings is 1. The SMILES string of the molecule is CCCC(NS(=O)(=O)N1CCCC(CN)C1)c1cccs1. The number of thiophene rings is 1. The van der Waals surface area contributed by atoms with Crippen LogP contribution in [0.4, 0.5) is 0 Å². The fraction of sp³-hybridized carbons (Fsp3) is 0.714. The Kier molecular flexibility index (Phi) is 6.19. The van der Waals surface area contributed by atoms with Crippen LogP contribution in [0.1, 0.15) is 43.5 Å². The quantitative estimate of drug-likeness (QED) is 0.803. The zero-order chi connectivity index (χ0) is 15.3. The van der Waals surface area contributed by atoms with E-state index in [0.29, 0.717) is 19.6 Å². The van der Waals surface area contributed by atoms with Gasteiger partial charge in [-0.3, -0.25) is 0 Å². The molecule has 2 rings (SSSR count). The Balaban J connectivity index is 2.07. The van der Waals surface area contributed by atoms with Crippen LogP contribution in [0.3, 0.4) is 0 Å². The Bertz CT molecular complexity index is 516. The van der Waals surface area contributed by atoms with Crippen LogP contribution in [0.5, 0.6) is 0 Å². The molecule has 0 radical (unpaired) electrons. The van der Waals surface area contributed by atoms with Crippen LogP contribution in [0.15, 0.2) is 17.5 Å². The molecule has 1 fully saturated rings. The number of rotatable bonds is 7. The maximum atomic E-state index is 12.6. The minimum Gasteiger partial charge on any atom is -0.330 e. The maximum absolute atomic E-state index is 12.6. The largest absolute Gasteiger partial charge is 0.330 e. The summed E-state index contributed by atoms with van der Waals surface area (Å²) in [5.74, 6) is 0.279. The molecule has 0 saturated carbocycles. The first-order valence-corrected chi connectivity index (χ1v) is 9.89. The zero-order valence-corrected chi connectivity index (χ0v) is 14.1. The molecular weight excluding hydrogens is 306 g/mol. The average molecular weight is 332 g/mol. The van der Waals surface area contributed by atoms with Crippen LogP contribution < -0.4 is 10.5 Å². The van der Waals surface area contributed by atoms with Crippen molar-refractivity contribution in [3.05, 3.63) is 22.4 Å². The van der Waals surface area contributed by atoms with E-state index in [1.807, 2.05) is 17.5 Å². The van der Waals surface area contributed by atoms with Gasteiger partial charge in [0.15, 0.2) is 0 Å². The van der Waals surface area contributed by atoms with Crippen molar-refractivity contribution in [3.8, 4) is 0 Å². The van der Waals surface area contributed by atoms with Crippen LogP contribution in [0.2, 0.25) is 0 Å². The van der Waals surface area contributed by atoms with E-state index in [1.54, 1.807) is 15.6 Å². The lowest BCUT2D eigenvalue weighted by Crippen LogP contribution is -2.48. The van der Waals surface area contributed by atoms with E-state index in [-0.39, 0.29) is 12.0 Å². The minimum absolute atomic E-state index is 0.127. The van der Waals surface area contributed by atoms with Gasteiger partial charge in [0.2, 0.25) is 0 Å². The van der Waals surface area contributed by atoms with E-state index in [9.17, 15) is 8.42 Å². The molecule has 120 valence electrons. The number of hydrogen-bond acceptors (Lipinski definition) is 4. The summed E-state index contributed by atoms with van der Waals surface area (Å²) in [5.41, 5.74) is 5.69. The van der Waals surface area contributed by atoms with Gasteiger partial charge in [0.1, 0.15) is 0 Å². The highest BCUT2D eigenvalue weighted by atomic mass is 32.2. The number of hydrogen-bond donors (Lipinski definition) is 2. The smallest absolute Gasteiger partial charge is 0.280 e. The predicted molar refractivity (Wildman–Crippen MR) is 87.4 cm³/mol. The van der Waals surface area contributed by atoms with Crippen LogP contribution in [0, 0.1) is 5.92 Å². The average Bonchev–Trinajstić information content (AvgIpc) is 3.01. The van der Waals surface area contributed by atoms with Crippen LogP contribution in [-0.4, -0.2) is 32.4 Å². The Morgan fingerprint density at radius 2 is 2.38 bits per heavy atom. The fourth-order valence-electron chi connectivity index (χ4n) is 2.73. The maximum Gasteiger partial charge on any atom is 0.280 e. The molecule has 2 heterocycles. The molecule has 3 N–H and O–H groups in total. The molecule has 2 atom stereocenters. The topological polar surface area (TPSA) is 75.4 Å². The Morgan fingerprint density at radius 1 is 1.57 bits per heavy atom. The third-order valence-corrected chi connectivity index (χ3v) is 6.49. The first-order chi connectivity index (χ1) is 10.1. The molecule has 1 aliphatic rings. The Hall–Kier alpha value is -0.470. The van der Waals surface area contributed by atoms with Gasteiger partial charge in [-0.25, -0.2) is 0 Å². The van der Waals surface area contributed by atoms with E-state index in [0.717, 1.165) is 30.6 Å². The van der Waals surface area contributed by atoms with Crippen molar-refractivity contribution < 1.29 is 8.42 Å². The van der Waals surface area contributed by atoms with Gasteiger partial charge in [0.05, 0.1) is 6.04 Å². The van der Waals surface area contributed by atoms with Gasteiger partial charge in [-0.05, 0) is 43.2 Å². The lowest BCUT2D eigenvalue weighted by molar-refractivity contribution is 0.267. The van der Waals surface area contributed by atoms with Crippen molar-refractivity contribution in [2.45, 2.75) is 38.6 Å². The second-order valence-corrected chi connectivity index (χ2v) is 8.26. The highest BCUT2D eigenvalue weighted by Gasteiger charge is 2.30. The molecule has 0 aliphatic carbocycles. The molecule has 2 unspecified atom stereocenters. The lowest BCUT2D eigenvalue weighted by Gasteiger charge is -2.32. The normalized spacial score (nSPS) is 22.3. The van der Waals surface area contributed by atoms with Gasteiger partial charge in [-0.1, -0.05) is 19.4 Å². The van der Waals surface area contributed by atoms with E-state index in [1.165, 1.54) is 0 Å². The molecule has 0 spiro atoms.